The molecule has 23 heavy (non-hydrogen) atoms. The van der Waals surface area contributed by atoms with Gasteiger partial charge in [0, 0.05) is 37.3 Å². The number of benzene rings is 1. The summed E-state index contributed by atoms with van der Waals surface area (Å²) in [6.45, 7) is 6.31. The van der Waals surface area contributed by atoms with Crippen molar-refractivity contribution < 1.29 is 9.59 Å². The minimum Gasteiger partial charge on any atom is -0.348 e. The van der Waals surface area contributed by atoms with Crippen LogP contribution in [-0.2, 0) is 11.2 Å². The summed E-state index contributed by atoms with van der Waals surface area (Å²) >= 11 is 0. The Bertz CT molecular complexity index is 606. The molecule has 0 spiro atoms. The van der Waals surface area contributed by atoms with Crippen LogP contribution in [-0.4, -0.2) is 37.5 Å². The van der Waals surface area contributed by atoms with Gasteiger partial charge in [0.15, 0.2) is 0 Å². The normalized spacial score (nSPS) is 23.0. The molecule has 2 aliphatic rings. The summed E-state index contributed by atoms with van der Waals surface area (Å²) in [6, 6.07) is 5.81. The standard InChI is InChI=1S/C17H23N3O2.ClH/c1-11-5-7-18-10-15(11)19-17(22)14-3-4-16-13(9-14)6-8-20(16)12(2)21;/h3-4,9,11,15,18H,5-8,10H2,1-2H3,(H,19,22);1H. The lowest BCUT2D eigenvalue weighted by Crippen LogP contribution is -2.50. The summed E-state index contributed by atoms with van der Waals surface area (Å²) in [5.74, 6) is 0.524. The molecule has 0 saturated carbocycles. The number of rotatable bonds is 2. The highest BCUT2D eigenvalue weighted by Gasteiger charge is 2.25. The van der Waals surface area contributed by atoms with E-state index in [0.29, 0.717) is 18.0 Å². The van der Waals surface area contributed by atoms with Crippen LogP contribution in [0.2, 0.25) is 0 Å². The van der Waals surface area contributed by atoms with Crippen molar-refractivity contribution in [1.29, 1.82) is 0 Å². The second kappa shape index (κ2) is 7.32. The average molecular weight is 338 g/mol. The van der Waals surface area contributed by atoms with E-state index < -0.39 is 0 Å². The molecule has 2 atom stereocenters. The van der Waals surface area contributed by atoms with Gasteiger partial charge in [0.25, 0.3) is 5.91 Å². The predicted octanol–water partition coefficient (Wildman–Crippen LogP) is 1.75. The molecular weight excluding hydrogens is 314 g/mol. The first-order valence-corrected chi connectivity index (χ1v) is 7.99. The van der Waals surface area contributed by atoms with Gasteiger partial charge in [0.2, 0.25) is 5.91 Å². The summed E-state index contributed by atoms with van der Waals surface area (Å²) < 4.78 is 0. The van der Waals surface area contributed by atoms with Crippen LogP contribution in [0.25, 0.3) is 0 Å². The smallest absolute Gasteiger partial charge is 0.251 e. The number of hydrogen-bond acceptors (Lipinski definition) is 3. The van der Waals surface area contributed by atoms with E-state index in [0.717, 1.165) is 37.2 Å². The maximum atomic E-state index is 12.5. The highest BCUT2D eigenvalue weighted by atomic mass is 35.5. The number of carbonyl (C=O) groups excluding carboxylic acids is 2. The molecule has 0 bridgehead atoms. The third-order valence-electron chi connectivity index (χ3n) is 4.76. The zero-order chi connectivity index (χ0) is 15.7. The van der Waals surface area contributed by atoms with E-state index in [1.165, 1.54) is 0 Å². The highest BCUT2D eigenvalue weighted by Crippen LogP contribution is 2.29. The summed E-state index contributed by atoms with van der Waals surface area (Å²) in [6.07, 6.45) is 1.90. The fourth-order valence-corrected chi connectivity index (χ4v) is 3.30. The van der Waals surface area contributed by atoms with Gasteiger partial charge < -0.3 is 15.5 Å². The molecule has 2 aliphatic heterocycles. The Morgan fingerprint density at radius 1 is 1.35 bits per heavy atom. The molecule has 2 heterocycles. The maximum Gasteiger partial charge on any atom is 0.251 e. The molecule has 0 aliphatic carbocycles. The van der Waals surface area contributed by atoms with Gasteiger partial charge >= 0.3 is 0 Å². The zero-order valence-corrected chi connectivity index (χ0v) is 14.4. The molecule has 126 valence electrons. The summed E-state index contributed by atoms with van der Waals surface area (Å²) in [4.78, 5) is 25.8. The van der Waals surface area contributed by atoms with Crippen LogP contribution in [0.1, 0.15) is 36.2 Å². The maximum absolute atomic E-state index is 12.5. The van der Waals surface area contributed by atoms with Gasteiger partial charge in [0.05, 0.1) is 0 Å². The van der Waals surface area contributed by atoms with Crippen LogP contribution < -0.4 is 15.5 Å². The molecule has 2 N–H and O–H groups in total. The van der Waals surface area contributed by atoms with Gasteiger partial charge in [-0.2, -0.15) is 0 Å². The Hall–Kier alpha value is -1.59. The van der Waals surface area contributed by atoms with Crippen molar-refractivity contribution in [3.8, 4) is 0 Å². The Labute approximate surface area is 143 Å². The monoisotopic (exact) mass is 337 g/mol. The third kappa shape index (κ3) is 3.67. The van der Waals surface area contributed by atoms with Crippen molar-refractivity contribution in [3.05, 3.63) is 29.3 Å². The molecule has 1 aromatic rings. The van der Waals surface area contributed by atoms with Crippen molar-refractivity contribution in [3.63, 3.8) is 0 Å². The SMILES string of the molecule is CC(=O)N1CCc2cc(C(=O)NC3CNCCC3C)ccc21.Cl. The van der Waals surface area contributed by atoms with Gasteiger partial charge in [-0.3, -0.25) is 9.59 Å². The van der Waals surface area contributed by atoms with Gasteiger partial charge in [-0.25, -0.2) is 0 Å². The summed E-state index contributed by atoms with van der Waals surface area (Å²) in [7, 11) is 0. The number of carbonyl (C=O) groups is 2. The molecule has 3 rings (SSSR count). The molecule has 2 unspecified atom stereocenters. The third-order valence-corrected chi connectivity index (χ3v) is 4.76. The lowest BCUT2D eigenvalue weighted by molar-refractivity contribution is -0.116. The van der Waals surface area contributed by atoms with Crippen LogP contribution >= 0.6 is 12.4 Å². The minimum absolute atomic E-state index is 0. The van der Waals surface area contributed by atoms with E-state index in [9.17, 15) is 9.59 Å². The number of piperidine rings is 1. The van der Waals surface area contributed by atoms with Gasteiger partial charge in [-0.1, -0.05) is 6.92 Å². The molecule has 1 fully saturated rings. The lowest BCUT2D eigenvalue weighted by Gasteiger charge is -2.30. The Kier molecular flexibility index (Phi) is 5.65. The van der Waals surface area contributed by atoms with E-state index in [1.54, 1.807) is 11.8 Å². The molecule has 0 aromatic heterocycles. The first-order valence-electron chi connectivity index (χ1n) is 7.99. The zero-order valence-electron chi connectivity index (χ0n) is 13.6. The first kappa shape index (κ1) is 17.8. The molecule has 6 heteroatoms. The van der Waals surface area contributed by atoms with Crippen LogP contribution in [0.15, 0.2) is 18.2 Å². The second-order valence-electron chi connectivity index (χ2n) is 6.31. The second-order valence-corrected chi connectivity index (χ2v) is 6.31. The van der Waals surface area contributed by atoms with Gasteiger partial charge in [-0.15, -0.1) is 12.4 Å². The number of hydrogen-bond donors (Lipinski definition) is 2. The van der Waals surface area contributed by atoms with Crippen molar-refractivity contribution >= 4 is 29.9 Å². The number of amides is 2. The Morgan fingerprint density at radius 3 is 2.83 bits per heavy atom. The lowest BCUT2D eigenvalue weighted by atomic mass is 9.94. The molecule has 1 saturated heterocycles. The van der Waals surface area contributed by atoms with E-state index in [2.05, 4.69) is 17.6 Å². The van der Waals surface area contributed by atoms with Crippen LogP contribution in [0.3, 0.4) is 0 Å². The predicted molar refractivity (Wildman–Crippen MR) is 93.3 cm³/mol. The quantitative estimate of drug-likeness (QED) is 0.864. The van der Waals surface area contributed by atoms with Crippen molar-refractivity contribution in [1.82, 2.24) is 10.6 Å². The van der Waals surface area contributed by atoms with E-state index >= 15 is 0 Å². The van der Waals surface area contributed by atoms with E-state index in [4.69, 9.17) is 0 Å². The number of halogens is 1. The molecule has 2 amide bonds. The molecular formula is C17H24ClN3O2. The molecule has 5 nitrogen and oxygen atoms in total. The molecule has 1 aromatic carbocycles. The average Bonchev–Trinajstić information content (AvgIpc) is 2.92. The number of nitrogens with one attached hydrogen (secondary N) is 2. The van der Waals surface area contributed by atoms with E-state index in [-0.39, 0.29) is 30.3 Å². The first-order chi connectivity index (χ1) is 10.6. The van der Waals surface area contributed by atoms with Crippen molar-refractivity contribution in [2.45, 2.75) is 32.7 Å². The summed E-state index contributed by atoms with van der Waals surface area (Å²) in [5, 5.41) is 6.45. The topological polar surface area (TPSA) is 61.4 Å². The number of nitrogens with zero attached hydrogens (tertiary/aromatic N) is 1. The van der Waals surface area contributed by atoms with Crippen LogP contribution in [0.5, 0.6) is 0 Å². The van der Waals surface area contributed by atoms with Gasteiger partial charge in [-0.05, 0) is 49.1 Å². The largest absolute Gasteiger partial charge is 0.348 e. The highest BCUT2D eigenvalue weighted by molar-refractivity contribution is 5.98. The fourth-order valence-electron chi connectivity index (χ4n) is 3.30. The van der Waals surface area contributed by atoms with Crippen LogP contribution in [0.4, 0.5) is 5.69 Å². The van der Waals surface area contributed by atoms with Crippen molar-refractivity contribution in [2.75, 3.05) is 24.5 Å². The van der Waals surface area contributed by atoms with Crippen LogP contribution in [0, 0.1) is 5.92 Å². The van der Waals surface area contributed by atoms with E-state index in [1.807, 2.05) is 18.2 Å². The minimum atomic E-state index is -0.0235. The summed E-state index contributed by atoms with van der Waals surface area (Å²) in [5.41, 5.74) is 2.70. The Balaban J connectivity index is 0.00000192. The fraction of sp³-hybridized carbons (Fsp3) is 0.529. The van der Waals surface area contributed by atoms with Crippen molar-refractivity contribution in [2.24, 2.45) is 5.92 Å². The van der Waals surface area contributed by atoms with Gasteiger partial charge in [0.1, 0.15) is 0 Å². The number of fused-ring (bicyclic) bond motifs is 1. The molecule has 0 radical (unpaired) electrons. The number of anilines is 1. The Morgan fingerprint density at radius 2 is 2.13 bits per heavy atom.